The van der Waals surface area contributed by atoms with Crippen LogP contribution in [-0.2, 0) is 6.54 Å². The Hall–Kier alpha value is -2.70. The normalized spacial score (nSPS) is 14.9. The van der Waals surface area contributed by atoms with E-state index in [1.54, 1.807) is 18.5 Å². The highest BCUT2D eigenvalue weighted by atomic mass is 16.1. The molecule has 0 saturated heterocycles. The molecule has 7 nitrogen and oxygen atoms in total. The maximum atomic E-state index is 12.2. The molecule has 7 heteroatoms. The lowest BCUT2D eigenvalue weighted by Gasteiger charge is -2.22. The van der Waals surface area contributed by atoms with E-state index in [1.165, 1.54) is 19.3 Å². The Morgan fingerprint density at radius 3 is 3.00 bits per heavy atom. The number of hydrogen-bond acceptors (Lipinski definition) is 4. The van der Waals surface area contributed by atoms with Gasteiger partial charge >= 0.3 is 0 Å². The quantitative estimate of drug-likeness (QED) is 0.684. The van der Waals surface area contributed by atoms with Gasteiger partial charge in [-0.05, 0) is 25.0 Å². The highest BCUT2D eigenvalue weighted by Crippen LogP contribution is 2.35. The number of aromatic nitrogens is 5. The molecule has 0 radical (unpaired) electrons. The van der Waals surface area contributed by atoms with E-state index in [0.29, 0.717) is 23.7 Å². The third-order valence-electron chi connectivity index (χ3n) is 4.17. The summed E-state index contributed by atoms with van der Waals surface area (Å²) in [5, 5.41) is 17.7. The van der Waals surface area contributed by atoms with Crippen LogP contribution in [0.2, 0.25) is 0 Å². The molecule has 1 fully saturated rings. The minimum Gasteiger partial charge on any atom is -0.346 e. The van der Waals surface area contributed by atoms with Crippen LogP contribution in [0.1, 0.15) is 46.9 Å². The summed E-state index contributed by atoms with van der Waals surface area (Å²) < 4.78 is 0. The molecule has 22 heavy (non-hydrogen) atoms. The van der Waals surface area contributed by atoms with Crippen LogP contribution in [-0.4, -0.2) is 31.3 Å². The number of hydrogen-bond donors (Lipinski definition) is 3. The van der Waals surface area contributed by atoms with Crippen molar-refractivity contribution in [1.82, 2.24) is 30.7 Å². The highest BCUT2D eigenvalue weighted by molar-refractivity contribution is 5.96. The molecule has 0 bridgehead atoms. The maximum absolute atomic E-state index is 12.2. The first-order chi connectivity index (χ1) is 10.8. The molecule has 112 valence electrons. The van der Waals surface area contributed by atoms with Gasteiger partial charge in [-0.2, -0.15) is 10.2 Å². The largest absolute Gasteiger partial charge is 0.346 e. The molecule has 1 aliphatic rings. The molecular weight excluding hydrogens is 280 g/mol. The van der Waals surface area contributed by atoms with Crippen LogP contribution in [0.4, 0.5) is 0 Å². The van der Waals surface area contributed by atoms with Gasteiger partial charge in [-0.15, -0.1) is 0 Å². The van der Waals surface area contributed by atoms with Crippen molar-refractivity contribution in [3.63, 3.8) is 0 Å². The number of nitrogens with one attached hydrogen (secondary N) is 3. The molecule has 1 amide bonds. The highest BCUT2D eigenvalue weighted by Gasteiger charge is 2.22. The van der Waals surface area contributed by atoms with Crippen molar-refractivity contribution >= 4 is 16.9 Å². The standard InChI is InChI=1S/C15H16N6O/c22-15(11-4-10-7-18-21-14(10)16-6-11)17-8-12-5-13(20-19-12)9-2-1-3-9/h4-7,9H,1-3,8H2,(H,17,22)(H,19,20)(H,16,18,21). The van der Waals surface area contributed by atoms with Crippen molar-refractivity contribution in [3.8, 4) is 0 Å². The zero-order valence-electron chi connectivity index (χ0n) is 12.0. The fourth-order valence-electron chi connectivity index (χ4n) is 2.62. The fourth-order valence-corrected chi connectivity index (χ4v) is 2.62. The van der Waals surface area contributed by atoms with Crippen molar-refractivity contribution < 1.29 is 4.79 Å². The summed E-state index contributed by atoms with van der Waals surface area (Å²) in [6, 6.07) is 3.82. The summed E-state index contributed by atoms with van der Waals surface area (Å²) in [4.78, 5) is 16.3. The van der Waals surface area contributed by atoms with Crippen LogP contribution < -0.4 is 5.32 Å². The molecule has 0 spiro atoms. The van der Waals surface area contributed by atoms with Gasteiger partial charge in [0.1, 0.15) is 0 Å². The van der Waals surface area contributed by atoms with Crippen LogP contribution >= 0.6 is 0 Å². The summed E-state index contributed by atoms with van der Waals surface area (Å²) in [6.07, 6.45) is 6.91. The van der Waals surface area contributed by atoms with Crippen molar-refractivity contribution in [2.45, 2.75) is 31.7 Å². The van der Waals surface area contributed by atoms with Crippen LogP contribution in [0.3, 0.4) is 0 Å². The van der Waals surface area contributed by atoms with Gasteiger partial charge in [0.2, 0.25) is 0 Å². The molecule has 1 aliphatic carbocycles. The Labute approximate surface area is 126 Å². The smallest absolute Gasteiger partial charge is 0.253 e. The van der Waals surface area contributed by atoms with Crippen LogP contribution in [0.5, 0.6) is 0 Å². The van der Waals surface area contributed by atoms with Gasteiger partial charge in [0, 0.05) is 17.5 Å². The van der Waals surface area contributed by atoms with Gasteiger partial charge in [0.05, 0.1) is 29.7 Å². The average Bonchev–Trinajstić information content (AvgIpc) is 3.11. The number of carbonyl (C=O) groups is 1. The Morgan fingerprint density at radius 1 is 1.27 bits per heavy atom. The number of carbonyl (C=O) groups excluding carboxylic acids is 1. The van der Waals surface area contributed by atoms with Crippen LogP contribution in [0.25, 0.3) is 11.0 Å². The van der Waals surface area contributed by atoms with Gasteiger partial charge in [0.25, 0.3) is 5.91 Å². The molecule has 3 N–H and O–H groups in total. The van der Waals surface area contributed by atoms with E-state index >= 15 is 0 Å². The van der Waals surface area contributed by atoms with Crippen LogP contribution in [0, 0.1) is 0 Å². The first kappa shape index (κ1) is 13.0. The van der Waals surface area contributed by atoms with E-state index < -0.39 is 0 Å². The predicted molar refractivity (Wildman–Crippen MR) is 80.2 cm³/mol. The lowest BCUT2D eigenvalue weighted by atomic mass is 9.83. The van der Waals surface area contributed by atoms with E-state index in [9.17, 15) is 4.79 Å². The van der Waals surface area contributed by atoms with E-state index in [-0.39, 0.29) is 5.91 Å². The average molecular weight is 296 g/mol. The van der Waals surface area contributed by atoms with E-state index in [0.717, 1.165) is 16.8 Å². The Bertz CT molecular complexity index is 816. The Morgan fingerprint density at radius 2 is 2.18 bits per heavy atom. The van der Waals surface area contributed by atoms with Crippen molar-refractivity contribution in [2.24, 2.45) is 0 Å². The summed E-state index contributed by atoms with van der Waals surface area (Å²) in [5.74, 6) is 0.434. The number of H-pyrrole nitrogens is 2. The topological polar surface area (TPSA) is 99.4 Å². The molecule has 0 atom stereocenters. The Kier molecular flexibility index (Phi) is 3.10. The number of fused-ring (bicyclic) bond motifs is 1. The van der Waals surface area contributed by atoms with Gasteiger partial charge < -0.3 is 5.32 Å². The second-order valence-electron chi connectivity index (χ2n) is 5.66. The molecule has 0 unspecified atom stereocenters. The van der Waals surface area contributed by atoms with Gasteiger partial charge in [0.15, 0.2) is 5.65 Å². The van der Waals surface area contributed by atoms with E-state index in [2.05, 4.69) is 30.7 Å². The molecular formula is C15H16N6O. The van der Waals surface area contributed by atoms with Crippen molar-refractivity contribution in [2.75, 3.05) is 0 Å². The van der Waals surface area contributed by atoms with Crippen molar-refractivity contribution in [1.29, 1.82) is 0 Å². The van der Waals surface area contributed by atoms with Gasteiger partial charge in [-0.3, -0.25) is 15.0 Å². The SMILES string of the molecule is O=C(NCc1cc(C2CCC2)n[nH]1)c1cnc2[nH]ncc2c1. The summed E-state index contributed by atoms with van der Waals surface area (Å²) in [5.41, 5.74) is 3.23. The van der Waals surface area contributed by atoms with Crippen LogP contribution in [0.15, 0.2) is 24.5 Å². The number of nitrogens with zero attached hydrogens (tertiary/aromatic N) is 3. The van der Waals surface area contributed by atoms with E-state index in [1.807, 2.05) is 6.07 Å². The maximum Gasteiger partial charge on any atom is 0.253 e. The monoisotopic (exact) mass is 296 g/mol. The van der Waals surface area contributed by atoms with E-state index in [4.69, 9.17) is 0 Å². The number of aromatic amines is 2. The number of amides is 1. The molecule has 3 aromatic rings. The molecule has 3 aromatic heterocycles. The third kappa shape index (κ3) is 2.34. The molecule has 0 aromatic carbocycles. The zero-order valence-corrected chi connectivity index (χ0v) is 12.0. The molecule has 0 aliphatic heterocycles. The second-order valence-corrected chi connectivity index (χ2v) is 5.66. The van der Waals surface area contributed by atoms with Gasteiger partial charge in [-0.25, -0.2) is 4.98 Å². The first-order valence-corrected chi connectivity index (χ1v) is 7.41. The minimum atomic E-state index is -0.157. The minimum absolute atomic E-state index is 0.157. The lowest BCUT2D eigenvalue weighted by molar-refractivity contribution is 0.0950. The van der Waals surface area contributed by atoms with Gasteiger partial charge in [-0.1, -0.05) is 6.42 Å². The summed E-state index contributed by atoms with van der Waals surface area (Å²) in [7, 11) is 0. The second kappa shape index (κ2) is 5.25. The number of rotatable bonds is 4. The summed E-state index contributed by atoms with van der Waals surface area (Å²) in [6.45, 7) is 0.433. The predicted octanol–water partition coefficient (Wildman–Crippen LogP) is 1.88. The Balaban J connectivity index is 1.41. The zero-order chi connectivity index (χ0) is 14.9. The third-order valence-corrected chi connectivity index (χ3v) is 4.17. The number of pyridine rings is 1. The molecule has 4 rings (SSSR count). The van der Waals surface area contributed by atoms with Crippen molar-refractivity contribution in [3.05, 3.63) is 41.5 Å². The molecule has 3 heterocycles. The summed E-state index contributed by atoms with van der Waals surface area (Å²) >= 11 is 0. The first-order valence-electron chi connectivity index (χ1n) is 7.41. The fraction of sp³-hybridized carbons (Fsp3) is 0.333. The lowest BCUT2D eigenvalue weighted by Crippen LogP contribution is -2.23. The molecule has 1 saturated carbocycles.